The van der Waals surface area contributed by atoms with Crippen molar-refractivity contribution < 1.29 is 0 Å². The van der Waals surface area contributed by atoms with E-state index in [1.54, 1.807) is 0 Å². The number of hydrogen-bond donors (Lipinski definition) is 1. The first-order valence-electron chi connectivity index (χ1n) is 7.58. The van der Waals surface area contributed by atoms with Crippen molar-refractivity contribution >= 4 is 15.9 Å². The van der Waals surface area contributed by atoms with Gasteiger partial charge in [-0.05, 0) is 47.2 Å². The third-order valence-corrected chi connectivity index (χ3v) is 5.21. The molecule has 1 atom stereocenters. The molecule has 1 heterocycles. The molecule has 1 aromatic heterocycles. The maximum absolute atomic E-state index is 4.38. The predicted octanol–water partition coefficient (Wildman–Crippen LogP) is 4.05. The van der Waals surface area contributed by atoms with Gasteiger partial charge >= 0.3 is 0 Å². The van der Waals surface area contributed by atoms with E-state index in [1.807, 2.05) is 17.9 Å². The van der Waals surface area contributed by atoms with Gasteiger partial charge in [0.15, 0.2) is 0 Å². The summed E-state index contributed by atoms with van der Waals surface area (Å²) in [6.45, 7) is 5.52. The van der Waals surface area contributed by atoms with Crippen LogP contribution in [0.25, 0.3) is 0 Å². The second-order valence-electron chi connectivity index (χ2n) is 5.73. The standard InChI is InChI=1S/C15H26BrN3/c1-4-11-6-8-12(9-7-11)14(17-5-2)15-13(16)10-18-19(15)3/h10-12,14,17H,4-9H2,1-3H3. The van der Waals surface area contributed by atoms with Crippen molar-refractivity contribution in [2.75, 3.05) is 6.54 Å². The zero-order chi connectivity index (χ0) is 13.8. The Morgan fingerprint density at radius 1 is 1.37 bits per heavy atom. The van der Waals surface area contributed by atoms with Crippen molar-refractivity contribution in [2.24, 2.45) is 18.9 Å². The number of nitrogens with one attached hydrogen (secondary N) is 1. The Morgan fingerprint density at radius 3 is 2.53 bits per heavy atom. The molecule has 108 valence electrons. The fourth-order valence-electron chi connectivity index (χ4n) is 3.41. The number of nitrogens with zero attached hydrogens (tertiary/aromatic N) is 2. The van der Waals surface area contributed by atoms with Gasteiger partial charge in [0.1, 0.15) is 0 Å². The van der Waals surface area contributed by atoms with Crippen LogP contribution < -0.4 is 5.32 Å². The first-order chi connectivity index (χ1) is 9.17. The van der Waals surface area contributed by atoms with Crippen LogP contribution in [0, 0.1) is 11.8 Å². The largest absolute Gasteiger partial charge is 0.309 e. The van der Waals surface area contributed by atoms with Gasteiger partial charge in [0.2, 0.25) is 0 Å². The topological polar surface area (TPSA) is 29.9 Å². The van der Waals surface area contributed by atoms with E-state index in [-0.39, 0.29) is 0 Å². The number of aromatic nitrogens is 2. The lowest BCUT2D eigenvalue weighted by Gasteiger charge is -2.34. The molecular weight excluding hydrogens is 302 g/mol. The van der Waals surface area contributed by atoms with E-state index in [9.17, 15) is 0 Å². The maximum atomic E-state index is 4.38. The van der Waals surface area contributed by atoms with Gasteiger partial charge in [0, 0.05) is 7.05 Å². The van der Waals surface area contributed by atoms with Crippen LogP contribution >= 0.6 is 15.9 Å². The van der Waals surface area contributed by atoms with Gasteiger partial charge in [-0.1, -0.05) is 33.1 Å². The molecule has 0 aliphatic heterocycles. The van der Waals surface area contributed by atoms with Gasteiger partial charge in [-0.25, -0.2) is 0 Å². The second-order valence-corrected chi connectivity index (χ2v) is 6.58. The number of aryl methyl sites for hydroxylation is 1. The van der Waals surface area contributed by atoms with Gasteiger partial charge < -0.3 is 5.32 Å². The van der Waals surface area contributed by atoms with Gasteiger partial charge in [0.05, 0.1) is 22.4 Å². The molecule has 0 spiro atoms. The van der Waals surface area contributed by atoms with Crippen LogP contribution in [0.5, 0.6) is 0 Å². The number of hydrogen-bond acceptors (Lipinski definition) is 2. The zero-order valence-electron chi connectivity index (χ0n) is 12.3. The highest BCUT2D eigenvalue weighted by molar-refractivity contribution is 9.10. The van der Waals surface area contributed by atoms with Crippen molar-refractivity contribution in [3.8, 4) is 0 Å². The van der Waals surface area contributed by atoms with E-state index in [0.717, 1.165) is 22.9 Å². The van der Waals surface area contributed by atoms with E-state index >= 15 is 0 Å². The molecule has 3 nitrogen and oxygen atoms in total. The summed E-state index contributed by atoms with van der Waals surface area (Å²) in [5.74, 6) is 1.70. The molecule has 0 aromatic carbocycles. The van der Waals surface area contributed by atoms with Gasteiger partial charge in [0.25, 0.3) is 0 Å². The van der Waals surface area contributed by atoms with E-state index in [0.29, 0.717) is 6.04 Å². The predicted molar refractivity (Wildman–Crippen MR) is 83.1 cm³/mol. The summed E-state index contributed by atoms with van der Waals surface area (Å²) in [6.07, 6.45) is 8.71. The Labute approximate surface area is 125 Å². The molecule has 1 unspecified atom stereocenters. The van der Waals surface area contributed by atoms with Crippen LogP contribution in [-0.2, 0) is 7.05 Å². The normalized spacial score (nSPS) is 25.5. The quantitative estimate of drug-likeness (QED) is 0.884. The van der Waals surface area contributed by atoms with Gasteiger partial charge in [-0.15, -0.1) is 0 Å². The minimum Gasteiger partial charge on any atom is -0.309 e. The lowest BCUT2D eigenvalue weighted by atomic mass is 9.77. The molecule has 1 fully saturated rings. The summed E-state index contributed by atoms with van der Waals surface area (Å²) in [7, 11) is 2.04. The average molecular weight is 328 g/mol. The molecule has 0 amide bonds. The minimum absolute atomic E-state index is 0.435. The summed E-state index contributed by atoms with van der Waals surface area (Å²) in [6, 6.07) is 0.435. The number of rotatable bonds is 5. The van der Waals surface area contributed by atoms with Crippen molar-refractivity contribution in [1.82, 2.24) is 15.1 Å². The van der Waals surface area contributed by atoms with Crippen LogP contribution in [0.3, 0.4) is 0 Å². The van der Waals surface area contributed by atoms with E-state index in [1.165, 1.54) is 37.8 Å². The van der Waals surface area contributed by atoms with E-state index in [4.69, 9.17) is 0 Å². The highest BCUT2D eigenvalue weighted by Crippen LogP contribution is 2.39. The SMILES string of the molecule is CCNC(c1c(Br)cnn1C)C1CCC(CC)CC1. The Balaban J connectivity index is 2.13. The summed E-state index contributed by atoms with van der Waals surface area (Å²) in [4.78, 5) is 0. The highest BCUT2D eigenvalue weighted by atomic mass is 79.9. The zero-order valence-corrected chi connectivity index (χ0v) is 13.9. The molecule has 1 aliphatic carbocycles. The fourth-order valence-corrected chi connectivity index (χ4v) is 4.00. The van der Waals surface area contributed by atoms with E-state index in [2.05, 4.69) is 40.2 Å². The molecule has 0 bridgehead atoms. The van der Waals surface area contributed by atoms with Crippen LogP contribution in [-0.4, -0.2) is 16.3 Å². The maximum Gasteiger partial charge on any atom is 0.0695 e. The smallest absolute Gasteiger partial charge is 0.0695 e. The van der Waals surface area contributed by atoms with E-state index < -0.39 is 0 Å². The second kappa shape index (κ2) is 6.89. The third-order valence-electron chi connectivity index (χ3n) is 4.60. The van der Waals surface area contributed by atoms with Crippen molar-refractivity contribution in [1.29, 1.82) is 0 Å². The van der Waals surface area contributed by atoms with Crippen molar-refractivity contribution in [3.63, 3.8) is 0 Å². The molecule has 1 aliphatic rings. The molecule has 19 heavy (non-hydrogen) atoms. The van der Waals surface area contributed by atoms with Crippen molar-refractivity contribution in [2.45, 2.75) is 52.0 Å². The van der Waals surface area contributed by atoms with Crippen LogP contribution in [0.15, 0.2) is 10.7 Å². The summed E-state index contributed by atoms with van der Waals surface area (Å²) >= 11 is 3.66. The first kappa shape index (κ1) is 15.0. The molecule has 1 aromatic rings. The Morgan fingerprint density at radius 2 is 2.05 bits per heavy atom. The first-order valence-corrected chi connectivity index (χ1v) is 8.37. The summed E-state index contributed by atoms with van der Waals surface area (Å²) < 4.78 is 3.15. The third kappa shape index (κ3) is 3.40. The van der Waals surface area contributed by atoms with Crippen LogP contribution in [0.4, 0.5) is 0 Å². The Kier molecular flexibility index (Phi) is 5.46. The fraction of sp³-hybridized carbons (Fsp3) is 0.800. The molecular formula is C15H26BrN3. The van der Waals surface area contributed by atoms with Crippen molar-refractivity contribution in [3.05, 3.63) is 16.4 Å². The molecule has 0 saturated heterocycles. The lowest BCUT2D eigenvalue weighted by Crippen LogP contribution is -2.32. The molecule has 4 heteroatoms. The minimum atomic E-state index is 0.435. The summed E-state index contributed by atoms with van der Waals surface area (Å²) in [5.41, 5.74) is 1.31. The molecule has 1 N–H and O–H groups in total. The summed E-state index contributed by atoms with van der Waals surface area (Å²) in [5, 5.41) is 8.05. The molecule has 1 saturated carbocycles. The Bertz CT molecular complexity index is 375. The lowest BCUT2D eigenvalue weighted by molar-refractivity contribution is 0.214. The van der Waals surface area contributed by atoms with Gasteiger partial charge in [-0.2, -0.15) is 5.10 Å². The van der Waals surface area contributed by atoms with Gasteiger partial charge in [-0.3, -0.25) is 4.68 Å². The molecule has 0 radical (unpaired) electrons. The van der Waals surface area contributed by atoms with Crippen LogP contribution in [0.1, 0.15) is 57.7 Å². The van der Waals surface area contributed by atoms with Crippen LogP contribution in [0.2, 0.25) is 0 Å². The Hall–Kier alpha value is -0.350. The number of halogens is 1. The average Bonchev–Trinajstić information content (AvgIpc) is 2.76. The highest BCUT2D eigenvalue weighted by Gasteiger charge is 2.30. The molecule has 2 rings (SSSR count). The monoisotopic (exact) mass is 327 g/mol.